The molecule has 316 valence electrons. The number of aromatic nitrogens is 8. The van der Waals surface area contributed by atoms with Crippen molar-refractivity contribution in [1.82, 2.24) is 40.3 Å². The van der Waals surface area contributed by atoms with E-state index in [1.807, 2.05) is 77.3 Å². The summed E-state index contributed by atoms with van der Waals surface area (Å²) in [5, 5.41) is 14.6. The average Bonchev–Trinajstić information content (AvgIpc) is 3.94. The number of pyridine rings is 2. The number of fused-ring (bicyclic) bond motifs is 2. The Balaban J connectivity index is 0.000000228. The van der Waals surface area contributed by atoms with Gasteiger partial charge in [0.15, 0.2) is 0 Å². The van der Waals surface area contributed by atoms with Gasteiger partial charge in [0.2, 0.25) is 0 Å². The van der Waals surface area contributed by atoms with E-state index < -0.39 is 34.9 Å². The fourth-order valence-corrected chi connectivity index (χ4v) is 5.30. The van der Waals surface area contributed by atoms with Crippen LogP contribution < -0.4 is 29.8 Å². The summed E-state index contributed by atoms with van der Waals surface area (Å²) in [5.74, 6) is -4.23. The van der Waals surface area contributed by atoms with Crippen LogP contribution >= 0.6 is 0 Å². The first kappa shape index (κ1) is 47.6. The topological polar surface area (TPSA) is 119 Å². The van der Waals surface area contributed by atoms with Gasteiger partial charge in [-0.15, -0.1) is 37.6 Å². The molecule has 2 aliphatic heterocycles. The van der Waals surface area contributed by atoms with Gasteiger partial charge in [-0.05, 0) is 91.7 Å². The molecule has 0 atom stereocenters. The minimum atomic E-state index is -1.53. The minimum Gasteiger partial charge on any atom is -0.498 e. The fraction of sp³-hybridized carbons (Fsp3) is 0.263. The number of hydrogen-bond acceptors (Lipinski definition) is 10. The van der Waals surface area contributed by atoms with Gasteiger partial charge in [0, 0.05) is 89.2 Å². The van der Waals surface area contributed by atoms with Crippen molar-refractivity contribution in [2.45, 2.75) is 67.5 Å². The maximum atomic E-state index is 13.4. The number of benzene rings is 2. The number of anilines is 6. The van der Waals surface area contributed by atoms with E-state index in [0.717, 1.165) is 46.8 Å². The maximum Gasteiger partial charge on any atom is 0.124 e. The van der Waals surface area contributed by atoms with E-state index in [1.54, 1.807) is 37.9 Å². The molecule has 0 bridgehead atoms. The van der Waals surface area contributed by atoms with Crippen LogP contribution in [0.1, 0.15) is 51.0 Å². The molecule has 0 radical (unpaired) electrons. The molecule has 6 heterocycles. The van der Waals surface area contributed by atoms with Crippen molar-refractivity contribution in [3.63, 3.8) is 0 Å². The zero-order valence-corrected chi connectivity index (χ0v) is 36.7. The van der Waals surface area contributed by atoms with Crippen LogP contribution in [0.25, 0.3) is 0 Å². The number of rotatable bonds is 4. The van der Waals surface area contributed by atoms with E-state index in [4.69, 9.17) is 0 Å². The Hall–Kier alpha value is -4.82. The molecule has 0 saturated heterocycles. The van der Waals surface area contributed by atoms with Gasteiger partial charge < -0.3 is 39.8 Å². The zero-order chi connectivity index (χ0) is 40.8. The molecule has 0 saturated carbocycles. The van der Waals surface area contributed by atoms with Crippen molar-refractivity contribution in [3.05, 3.63) is 132 Å². The van der Waals surface area contributed by atoms with Crippen molar-refractivity contribution in [3.8, 4) is 0 Å². The molecule has 0 aliphatic carbocycles. The molecule has 2 aromatic carbocycles. The third kappa shape index (κ3) is 11.2. The molecular formula is C38H36F6N12Pt2-6. The summed E-state index contributed by atoms with van der Waals surface area (Å²) in [6.07, 6.45) is 3.17. The third-order valence-corrected chi connectivity index (χ3v) is 7.79. The normalized spacial score (nSPS) is 12.4. The van der Waals surface area contributed by atoms with E-state index in [0.29, 0.717) is 11.6 Å². The summed E-state index contributed by atoms with van der Waals surface area (Å²) in [4.78, 5) is 23.0. The minimum absolute atomic E-state index is 0. The van der Waals surface area contributed by atoms with Crippen molar-refractivity contribution in [2.24, 2.45) is 0 Å². The number of aryl methyl sites for hydroxylation is 4. The van der Waals surface area contributed by atoms with Crippen molar-refractivity contribution >= 4 is 34.4 Å². The van der Waals surface area contributed by atoms with Gasteiger partial charge >= 0.3 is 0 Å². The molecular weight excluding hydrogens is 1130 g/mol. The van der Waals surface area contributed by atoms with Crippen LogP contribution in [0.3, 0.4) is 0 Å². The molecule has 2 aliphatic rings. The smallest absolute Gasteiger partial charge is 0.124 e. The van der Waals surface area contributed by atoms with Crippen LogP contribution in [0.5, 0.6) is 0 Å². The molecule has 8 rings (SSSR count). The maximum absolute atomic E-state index is 13.4. The van der Waals surface area contributed by atoms with Crippen LogP contribution in [0.4, 0.5) is 60.7 Å². The van der Waals surface area contributed by atoms with Crippen LogP contribution in [-0.4, -0.2) is 42.2 Å². The van der Waals surface area contributed by atoms with Crippen molar-refractivity contribution < 1.29 is 68.5 Å². The largest absolute Gasteiger partial charge is 0.498 e. The summed E-state index contributed by atoms with van der Waals surface area (Å²) >= 11 is 0. The number of nitrogens with zero attached hydrogens (tertiary/aromatic N) is 12. The second kappa shape index (κ2) is 20.7. The number of hydrogen-bond donors (Lipinski definition) is 0. The quantitative estimate of drug-likeness (QED) is 0.0980. The van der Waals surface area contributed by atoms with Crippen LogP contribution in [0.15, 0.2) is 48.8 Å². The SMILES string of the molecule is CC(C)N1[CH-]N(c2[c-]c(F)c(F)c(F)c2)c2ncccc21.CC(C)N1[CH-]N(c2[c-]c(F)c(F)c(F)c2)c2ncccc21.Cc1n[n-]c(C)n1.Cc1n[n-]c(C)n1.[Pt].[Pt]. The number of halogens is 6. The standard InChI is InChI=1S/2C15H12F3N3.2C4H6N3.2Pt/c2*1-9(2)20-8-21(15-13(20)4-3-5-19-15)10-6-11(16)14(18)12(17)7-10;2*1-3-5-4(2)7-6-3;;/h2*3-6,8-9H,1-2H3;2*1-2H3;;/q2*-2;2*-1;;. The Bertz CT molecular complexity index is 2030. The predicted molar refractivity (Wildman–Crippen MR) is 197 cm³/mol. The molecule has 4 aromatic heterocycles. The first-order valence-electron chi connectivity index (χ1n) is 17.1. The Morgan fingerprint density at radius 2 is 0.966 bits per heavy atom. The van der Waals surface area contributed by atoms with Gasteiger partial charge in [0.25, 0.3) is 0 Å². The van der Waals surface area contributed by atoms with Crippen LogP contribution in [-0.2, 0) is 42.1 Å². The van der Waals surface area contributed by atoms with Crippen LogP contribution in [0, 0.1) is 88.1 Å². The van der Waals surface area contributed by atoms with Gasteiger partial charge in [-0.2, -0.15) is 0 Å². The summed E-state index contributed by atoms with van der Waals surface area (Å²) in [7, 11) is 0. The predicted octanol–water partition coefficient (Wildman–Crippen LogP) is 7.67. The Labute approximate surface area is 361 Å². The monoisotopic (exact) mass is 1160 g/mol. The Morgan fingerprint density at radius 1 is 0.603 bits per heavy atom. The molecule has 0 amide bonds. The molecule has 0 unspecified atom stereocenters. The average molecular weight is 1160 g/mol. The van der Waals surface area contributed by atoms with E-state index in [9.17, 15) is 26.3 Å². The third-order valence-electron chi connectivity index (χ3n) is 7.79. The Morgan fingerprint density at radius 3 is 1.22 bits per heavy atom. The van der Waals surface area contributed by atoms with Crippen LogP contribution in [0.2, 0.25) is 0 Å². The molecule has 6 aromatic rings. The van der Waals surface area contributed by atoms with Gasteiger partial charge in [0.1, 0.15) is 11.6 Å². The second-order valence-electron chi connectivity index (χ2n) is 12.7. The molecule has 0 N–H and O–H groups in total. The van der Waals surface area contributed by atoms with Crippen molar-refractivity contribution in [1.29, 1.82) is 0 Å². The molecule has 0 spiro atoms. The van der Waals surface area contributed by atoms with E-state index in [-0.39, 0.29) is 65.6 Å². The first-order chi connectivity index (χ1) is 26.5. The van der Waals surface area contributed by atoms with Gasteiger partial charge in [-0.3, -0.25) is 19.0 Å². The Kier molecular flexibility index (Phi) is 17.0. The van der Waals surface area contributed by atoms with E-state index in [1.165, 1.54) is 9.80 Å². The fourth-order valence-electron chi connectivity index (χ4n) is 5.30. The summed E-state index contributed by atoms with van der Waals surface area (Å²) in [6.45, 7) is 18.5. The molecule has 58 heavy (non-hydrogen) atoms. The van der Waals surface area contributed by atoms with Gasteiger partial charge in [-0.1, -0.05) is 23.0 Å². The second-order valence-corrected chi connectivity index (χ2v) is 12.7. The van der Waals surface area contributed by atoms with E-state index >= 15 is 0 Å². The van der Waals surface area contributed by atoms with Gasteiger partial charge in [0.05, 0.1) is 23.3 Å². The molecule has 0 fully saturated rings. The summed E-state index contributed by atoms with van der Waals surface area (Å²) in [6, 6.07) is 13.7. The first-order valence-corrected chi connectivity index (χ1v) is 17.1. The molecule has 12 nitrogen and oxygen atoms in total. The molecule has 20 heteroatoms. The summed E-state index contributed by atoms with van der Waals surface area (Å²) < 4.78 is 79.7. The van der Waals surface area contributed by atoms with E-state index in [2.05, 4.69) is 52.5 Å². The summed E-state index contributed by atoms with van der Waals surface area (Å²) in [5.41, 5.74) is 1.75. The van der Waals surface area contributed by atoms with Gasteiger partial charge in [-0.25, -0.2) is 27.5 Å². The zero-order valence-electron chi connectivity index (χ0n) is 32.2. The van der Waals surface area contributed by atoms with Crippen molar-refractivity contribution in [2.75, 3.05) is 19.6 Å².